The Balaban J connectivity index is 1.46. The monoisotopic (exact) mass is 645 g/mol. The van der Waals surface area contributed by atoms with Gasteiger partial charge in [-0.15, -0.1) is 0 Å². The highest BCUT2D eigenvalue weighted by atomic mass is 28.3. The third-order valence-electron chi connectivity index (χ3n) is 7.93. The van der Waals surface area contributed by atoms with Gasteiger partial charge in [-0.25, -0.2) is 19.0 Å². The predicted octanol–water partition coefficient (Wildman–Crippen LogP) is 6.59. The highest BCUT2D eigenvalue weighted by molar-refractivity contribution is 6.76. The molecule has 1 aliphatic rings. The van der Waals surface area contributed by atoms with Crippen molar-refractivity contribution in [3.8, 4) is 22.5 Å². The van der Waals surface area contributed by atoms with Crippen LogP contribution in [0.3, 0.4) is 0 Å². The van der Waals surface area contributed by atoms with Gasteiger partial charge in [0.1, 0.15) is 25.2 Å². The molecule has 12 heteroatoms. The van der Waals surface area contributed by atoms with Crippen molar-refractivity contribution in [2.45, 2.75) is 85.5 Å². The van der Waals surface area contributed by atoms with Crippen molar-refractivity contribution in [1.29, 1.82) is 0 Å². The molecule has 5 rings (SSSR count). The molecule has 11 nitrogen and oxygen atoms in total. The first-order chi connectivity index (χ1) is 21.6. The second-order valence-corrected chi connectivity index (χ2v) is 20.2. The van der Waals surface area contributed by atoms with Crippen LogP contribution in [0.4, 0.5) is 10.5 Å². The van der Waals surface area contributed by atoms with E-state index in [0.717, 1.165) is 51.0 Å². The molecule has 0 bridgehead atoms. The molecule has 4 heterocycles. The van der Waals surface area contributed by atoms with Crippen LogP contribution in [0.15, 0.2) is 42.9 Å². The van der Waals surface area contributed by atoms with Crippen LogP contribution in [0.2, 0.25) is 25.7 Å². The summed E-state index contributed by atoms with van der Waals surface area (Å²) < 4.78 is 15.5. The van der Waals surface area contributed by atoms with Gasteiger partial charge in [-0.05, 0) is 63.4 Å². The molecule has 1 fully saturated rings. The van der Waals surface area contributed by atoms with Crippen LogP contribution >= 0.6 is 0 Å². The maximum atomic E-state index is 13.1. The van der Waals surface area contributed by atoms with Crippen LogP contribution in [0.5, 0.6) is 0 Å². The molecule has 1 saturated heterocycles. The summed E-state index contributed by atoms with van der Waals surface area (Å²) in [5.41, 5.74) is 6.96. The number of anilines is 1. The van der Waals surface area contributed by atoms with Crippen LogP contribution < -0.4 is 4.90 Å². The van der Waals surface area contributed by atoms with Gasteiger partial charge in [0.15, 0.2) is 5.65 Å². The summed E-state index contributed by atoms with van der Waals surface area (Å²) in [6.45, 7) is 20.7. The zero-order valence-electron chi connectivity index (χ0n) is 28.6. The van der Waals surface area contributed by atoms with E-state index < -0.39 is 19.8 Å². The number of carbonyl (C=O) groups is 2. The van der Waals surface area contributed by atoms with Gasteiger partial charge in [-0.2, -0.15) is 10.2 Å². The lowest BCUT2D eigenvalue weighted by molar-refractivity contribution is -0.121. The van der Waals surface area contributed by atoms with E-state index in [4.69, 9.17) is 14.6 Å². The zero-order valence-corrected chi connectivity index (χ0v) is 29.6. The topological polar surface area (TPSA) is 107 Å². The van der Waals surface area contributed by atoms with E-state index in [2.05, 4.69) is 49.6 Å². The van der Waals surface area contributed by atoms with E-state index in [1.54, 1.807) is 11.2 Å². The Morgan fingerprint density at radius 1 is 1.07 bits per heavy atom. The molecule has 1 aliphatic heterocycles. The molecule has 0 radical (unpaired) electrons. The number of rotatable bonds is 9. The van der Waals surface area contributed by atoms with E-state index in [9.17, 15) is 9.59 Å². The van der Waals surface area contributed by atoms with Crippen LogP contribution in [0.1, 0.15) is 51.7 Å². The highest BCUT2D eigenvalue weighted by Crippen LogP contribution is 2.38. The minimum absolute atomic E-state index is 0.0187. The summed E-state index contributed by atoms with van der Waals surface area (Å²) in [5.74, 6) is 0.0169. The first kappa shape index (κ1) is 33.3. The van der Waals surface area contributed by atoms with Gasteiger partial charge in [-0.1, -0.05) is 45.6 Å². The molecule has 0 unspecified atom stereocenters. The molecule has 0 aliphatic carbocycles. The van der Waals surface area contributed by atoms with Gasteiger partial charge < -0.3 is 14.4 Å². The SMILES string of the molecule is Cc1cc(-c2c(C(C)C)c(-c3ccc(N4CCN(C(=O)OC(C)(C)C)CC4=O)cc3)nn2COCC[Si](C)(C)C)cn2ncnc12. The quantitative estimate of drug-likeness (QED) is 0.149. The second-order valence-electron chi connectivity index (χ2n) is 14.5. The molecule has 2 amide bonds. The van der Waals surface area contributed by atoms with Crippen LogP contribution in [0, 0.1) is 6.92 Å². The zero-order chi connectivity index (χ0) is 33.4. The Morgan fingerprint density at radius 2 is 1.78 bits per heavy atom. The highest BCUT2D eigenvalue weighted by Gasteiger charge is 2.31. The minimum Gasteiger partial charge on any atom is -0.444 e. The standard InChI is InChI=1S/C34H47N7O4Si/c1-23(2)29-30(25-10-12-27(13-11-25)39-15-14-38(20-28(39)42)33(43)45-34(4,5)6)37-41(22-44-16-17-46(7,8)9)31(29)26-18-24(3)32-35-21-36-40(32)19-26/h10-13,18-19,21,23H,14-17,20,22H2,1-9H3. The molecule has 0 atom stereocenters. The number of aryl methyl sites for hydroxylation is 1. The van der Waals surface area contributed by atoms with Crippen molar-refractivity contribution in [3.05, 3.63) is 54.0 Å². The normalized spacial score (nSPS) is 14.5. The minimum atomic E-state index is -1.25. The van der Waals surface area contributed by atoms with Crippen LogP contribution in [-0.4, -0.2) is 81.2 Å². The predicted molar refractivity (Wildman–Crippen MR) is 183 cm³/mol. The number of carbonyl (C=O) groups excluding carboxylic acids is 2. The summed E-state index contributed by atoms with van der Waals surface area (Å²) in [5, 5.41) is 9.56. The molecule has 1 aromatic carbocycles. The second kappa shape index (κ2) is 13.0. The summed E-state index contributed by atoms with van der Waals surface area (Å²) in [4.78, 5) is 33.2. The first-order valence-corrected chi connectivity index (χ1v) is 19.7. The lowest BCUT2D eigenvalue weighted by Gasteiger charge is -2.35. The average Bonchev–Trinajstić information content (AvgIpc) is 3.59. The van der Waals surface area contributed by atoms with E-state index in [1.807, 2.05) is 67.4 Å². The third kappa shape index (κ3) is 7.50. The number of aromatic nitrogens is 5. The van der Waals surface area contributed by atoms with Crippen molar-refractivity contribution >= 4 is 31.4 Å². The summed E-state index contributed by atoms with van der Waals surface area (Å²) in [7, 11) is -1.25. The Labute approximate surface area is 272 Å². The average molecular weight is 646 g/mol. The lowest BCUT2D eigenvalue weighted by Crippen LogP contribution is -2.53. The maximum absolute atomic E-state index is 13.1. The molecule has 0 saturated carbocycles. The van der Waals surface area contributed by atoms with Gasteiger partial charge in [-0.3, -0.25) is 9.69 Å². The van der Waals surface area contributed by atoms with Crippen molar-refractivity contribution < 1.29 is 19.1 Å². The van der Waals surface area contributed by atoms with E-state index in [1.165, 1.54) is 4.90 Å². The number of hydrogen-bond donors (Lipinski definition) is 0. The number of fused-ring (bicyclic) bond motifs is 1. The van der Waals surface area contributed by atoms with E-state index in [0.29, 0.717) is 26.4 Å². The Morgan fingerprint density at radius 3 is 2.41 bits per heavy atom. The number of hydrogen-bond acceptors (Lipinski definition) is 7. The summed E-state index contributed by atoms with van der Waals surface area (Å²) in [6, 6.07) is 11.2. The van der Waals surface area contributed by atoms with Crippen molar-refractivity contribution in [3.63, 3.8) is 0 Å². The molecule has 4 aromatic rings. The van der Waals surface area contributed by atoms with Crippen molar-refractivity contribution in [2.75, 3.05) is 31.1 Å². The number of benzene rings is 1. The fourth-order valence-electron chi connectivity index (χ4n) is 5.61. The van der Waals surface area contributed by atoms with Gasteiger partial charge in [0.2, 0.25) is 5.91 Å². The Kier molecular flexibility index (Phi) is 9.42. The van der Waals surface area contributed by atoms with Gasteiger partial charge in [0.25, 0.3) is 0 Å². The molecular weight excluding hydrogens is 599 g/mol. The third-order valence-corrected chi connectivity index (χ3v) is 9.64. The number of pyridine rings is 1. The van der Waals surface area contributed by atoms with Gasteiger partial charge >= 0.3 is 6.09 Å². The molecular formula is C34H47N7O4Si. The molecule has 0 N–H and O–H groups in total. The molecule has 3 aromatic heterocycles. The van der Waals surface area contributed by atoms with E-state index in [-0.39, 0.29) is 18.4 Å². The lowest BCUT2D eigenvalue weighted by atomic mass is 9.93. The summed E-state index contributed by atoms with van der Waals surface area (Å²) in [6.07, 6.45) is 3.11. The van der Waals surface area contributed by atoms with Crippen molar-refractivity contribution in [2.24, 2.45) is 0 Å². The Bertz CT molecular complexity index is 1710. The summed E-state index contributed by atoms with van der Waals surface area (Å²) >= 11 is 0. The maximum Gasteiger partial charge on any atom is 0.410 e. The fourth-order valence-corrected chi connectivity index (χ4v) is 6.37. The molecule has 0 spiro atoms. The molecule has 46 heavy (non-hydrogen) atoms. The van der Waals surface area contributed by atoms with E-state index >= 15 is 0 Å². The number of nitrogens with zero attached hydrogens (tertiary/aromatic N) is 7. The number of piperazine rings is 1. The fraction of sp³-hybridized carbons (Fsp3) is 0.500. The van der Waals surface area contributed by atoms with Crippen molar-refractivity contribution in [1.82, 2.24) is 29.3 Å². The number of amides is 2. The Hall–Kier alpha value is -4.03. The van der Waals surface area contributed by atoms with Gasteiger partial charge in [0, 0.05) is 56.3 Å². The smallest absolute Gasteiger partial charge is 0.410 e. The van der Waals surface area contributed by atoms with Gasteiger partial charge in [0.05, 0.1) is 11.4 Å². The first-order valence-electron chi connectivity index (χ1n) is 16.0. The number of ether oxygens (including phenoxy) is 2. The largest absolute Gasteiger partial charge is 0.444 e. The van der Waals surface area contributed by atoms with Crippen LogP contribution in [-0.2, 0) is 21.0 Å². The molecule has 246 valence electrons. The van der Waals surface area contributed by atoms with Crippen LogP contribution in [0.25, 0.3) is 28.2 Å².